The van der Waals surface area contributed by atoms with E-state index in [0.29, 0.717) is 22.5 Å². The van der Waals surface area contributed by atoms with Gasteiger partial charge in [0.25, 0.3) is 0 Å². The molecule has 2 aromatic heterocycles. The molecule has 0 saturated heterocycles. The number of rotatable bonds is 4. The summed E-state index contributed by atoms with van der Waals surface area (Å²) < 4.78 is 16.7. The number of carbonyl (C=O) groups is 2. The molecule has 4 rings (SSSR count). The van der Waals surface area contributed by atoms with Gasteiger partial charge in [0.05, 0.1) is 19.9 Å². The van der Waals surface area contributed by atoms with Gasteiger partial charge in [-0.1, -0.05) is 22.0 Å². The van der Waals surface area contributed by atoms with Crippen LogP contribution in [-0.2, 0) is 9.47 Å². The van der Waals surface area contributed by atoms with Crippen LogP contribution in [0.4, 0.5) is 5.69 Å². The van der Waals surface area contributed by atoms with Gasteiger partial charge in [-0.25, -0.2) is 9.59 Å². The molecule has 1 N–H and O–H groups in total. The van der Waals surface area contributed by atoms with E-state index in [2.05, 4.69) is 20.9 Å². The Bertz CT molecular complexity index is 1210. The molecule has 1 aliphatic heterocycles. The summed E-state index contributed by atoms with van der Waals surface area (Å²) >= 11 is 3.47. The highest BCUT2D eigenvalue weighted by Gasteiger charge is 2.44. The summed E-state index contributed by atoms with van der Waals surface area (Å²) in [5.41, 5.74) is 1.98. The zero-order chi connectivity index (χ0) is 23.9. The van der Waals surface area contributed by atoms with Crippen LogP contribution in [0.2, 0.25) is 0 Å². The summed E-state index contributed by atoms with van der Waals surface area (Å²) in [6.07, 6.45) is 0.620. The van der Waals surface area contributed by atoms with Crippen LogP contribution in [0.1, 0.15) is 58.2 Å². The summed E-state index contributed by atoms with van der Waals surface area (Å²) in [6, 6.07) is 9.88. The minimum atomic E-state index is -1.02. The number of hydrogen-bond donors (Lipinski definition) is 1. The molecule has 0 amide bonds. The number of fused-ring (bicyclic) bond motifs is 3. The number of aliphatic hydroxyl groups excluding tert-OH is 1. The monoisotopic (exact) mass is 514 g/mol. The van der Waals surface area contributed by atoms with Crippen LogP contribution in [0.5, 0.6) is 0 Å². The highest BCUT2D eigenvalue weighted by atomic mass is 79.9. The Morgan fingerprint density at radius 2 is 1.88 bits per heavy atom. The molecule has 0 radical (unpaired) electrons. The number of anilines is 1. The second-order valence-corrected chi connectivity index (χ2v) is 8.76. The fraction of sp³-hybridized carbons (Fsp3) is 0.292. The highest BCUT2D eigenvalue weighted by molar-refractivity contribution is 9.10. The number of nitrogens with zero attached hydrogens (tertiary/aromatic N) is 2. The second-order valence-electron chi connectivity index (χ2n) is 7.84. The minimum Gasteiger partial charge on any atom is -0.465 e. The lowest BCUT2D eigenvalue weighted by Crippen LogP contribution is -2.39. The van der Waals surface area contributed by atoms with Gasteiger partial charge in [-0.15, -0.1) is 0 Å². The molecule has 0 unspecified atom stereocenters. The van der Waals surface area contributed by atoms with E-state index in [-0.39, 0.29) is 23.1 Å². The Labute approximate surface area is 199 Å². The molecular weight excluding hydrogens is 492 g/mol. The first-order chi connectivity index (χ1) is 15.8. The van der Waals surface area contributed by atoms with Gasteiger partial charge < -0.3 is 23.9 Å². The maximum atomic E-state index is 13.0. The number of hydrogen-bond acceptors (Lipinski definition) is 8. The molecule has 33 heavy (non-hydrogen) atoms. The summed E-state index contributed by atoms with van der Waals surface area (Å²) in [5, 5.41) is 11.6. The van der Waals surface area contributed by atoms with Gasteiger partial charge in [-0.2, -0.15) is 0 Å². The molecule has 3 heterocycles. The zero-order valence-corrected chi connectivity index (χ0v) is 20.1. The van der Waals surface area contributed by atoms with Crippen LogP contribution >= 0.6 is 15.9 Å². The van der Waals surface area contributed by atoms with Gasteiger partial charge in [-0.05, 0) is 49.7 Å². The summed E-state index contributed by atoms with van der Waals surface area (Å²) in [7, 11) is 2.44. The maximum Gasteiger partial charge on any atom is 0.374 e. The number of carbonyl (C=O) groups excluding carboxylic acids is 2. The molecule has 0 bridgehead atoms. The van der Waals surface area contributed by atoms with Gasteiger partial charge >= 0.3 is 11.9 Å². The van der Waals surface area contributed by atoms with Crippen molar-refractivity contribution in [3.63, 3.8) is 0 Å². The molecule has 1 aromatic carbocycles. The molecule has 9 heteroatoms. The third kappa shape index (κ3) is 3.81. The van der Waals surface area contributed by atoms with E-state index in [1.165, 1.54) is 14.2 Å². The number of methoxy groups -OCH3 is 2. The van der Waals surface area contributed by atoms with E-state index in [1.54, 1.807) is 30.5 Å². The van der Waals surface area contributed by atoms with Crippen molar-refractivity contribution >= 4 is 33.6 Å². The Balaban J connectivity index is 2.15. The number of aromatic nitrogens is 1. The Hall–Kier alpha value is -3.17. The van der Waals surface area contributed by atoms with Gasteiger partial charge in [0.2, 0.25) is 5.76 Å². The number of furan rings is 1. The number of benzene rings is 1. The van der Waals surface area contributed by atoms with E-state index < -0.39 is 24.1 Å². The van der Waals surface area contributed by atoms with Gasteiger partial charge in [0.15, 0.2) is 5.76 Å². The summed E-state index contributed by atoms with van der Waals surface area (Å²) in [4.78, 5) is 31.9. The fourth-order valence-corrected chi connectivity index (χ4v) is 4.64. The predicted molar refractivity (Wildman–Crippen MR) is 124 cm³/mol. The molecule has 8 nitrogen and oxygen atoms in total. The van der Waals surface area contributed by atoms with E-state index in [9.17, 15) is 14.7 Å². The first kappa shape index (κ1) is 23.0. The summed E-state index contributed by atoms with van der Waals surface area (Å²) in [5.74, 6) is -1.55. The van der Waals surface area contributed by atoms with Crippen LogP contribution in [0.3, 0.4) is 0 Å². The fourth-order valence-electron chi connectivity index (χ4n) is 4.26. The zero-order valence-electron chi connectivity index (χ0n) is 18.5. The molecule has 0 aliphatic carbocycles. The van der Waals surface area contributed by atoms with Gasteiger partial charge in [0.1, 0.15) is 23.4 Å². The quantitative estimate of drug-likeness (QED) is 0.500. The Morgan fingerprint density at radius 1 is 1.15 bits per heavy atom. The molecule has 172 valence electrons. The number of esters is 2. The van der Waals surface area contributed by atoms with E-state index >= 15 is 0 Å². The molecule has 3 aromatic rings. The second kappa shape index (κ2) is 8.99. The van der Waals surface area contributed by atoms with Crippen molar-refractivity contribution in [3.05, 3.63) is 69.6 Å². The Kier molecular flexibility index (Phi) is 6.27. The number of aliphatic hydroxyl groups is 1. The molecule has 1 aliphatic rings. The predicted octanol–water partition coefficient (Wildman–Crippen LogP) is 4.68. The average molecular weight is 515 g/mol. The van der Waals surface area contributed by atoms with E-state index in [4.69, 9.17) is 13.9 Å². The molecular formula is C24H23BrN2O6. The molecule has 0 spiro atoms. The lowest BCUT2D eigenvalue weighted by Gasteiger charge is -2.37. The Morgan fingerprint density at radius 3 is 2.48 bits per heavy atom. The van der Waals surface area contributed by atoms with Crippen molar-refractivity contribution in [2.45, 2.75) is 32.0 Å². The summed E-state index contributed by atoms with van der Waals surface area (Å²) in [6.45, 7) is 3.84. The number of ether oxygens (including phenoxy) is 2. The van der Waals surface area contributed by atoms with Crippen LogP contribution in [0, 0.1) is 0 Å². The lowest BCUT2D eigenvalue weighted by molar-refractivity contribution is 0.0529. The van der Waals surface area contributed by atoms with Crippen molar-refractivity contribution in [2.75, 3.05) is 19.1 Å². The van der Waals surface area contributed by atoms with Crippen LogP contribution in [-0.4, -0.2) is 42.3 Å². The first-order valence-electron chi connectivity index (χ1n) is 10.3. The van der Waals surface area contributed by atoms with Crippen molar-refractivity contribution in [1.29, 1.82) is 0 Å². The SMILES string of the molecule is COC(=O)c1oc2c(c1C(=O)OC)N(C(C)C)[C@H](c1ccccn1)[C@@H](O)c1cc(Br)ccc1-2. The number of pyridine rings is 1. The molecule has 0 saturated carbocycles. The first-order valence-corrected chi connectivity index (χ1v) is 11.1. The molecule has 2 atom stereocenters. The van der Waals surface area contributed by atoms with Crippen LogP contribution in [0.25, 0.3) is 11.3 Å². The highest BCUT2D eigenvalue weighted by Crippen LogP contribution is 2.52. The maximum absolute atomic E-state index is 13.0. The standard InChI is InChI=1S/C24H23BrN2O6/c1-12(2)27-18(16-7-5-6-10-26-16)20(28)15-11-13(25)8-9-14(15)21-19(27)17(23(29)31-3)22(33-21)24(30)32-4/h5-12,18,20,28H,1-4H3/t18-,20+/m1/s1. The van der Waals surface area contributed by atoms with Crippen LogP contribution < -0.4 is 4.90 Å². The van der Waals surface area contributed by atoms with Crippen LogP contribution in [0.15, 0.2) is 51.5 Å². The van der Waals surface area contributed by atoms with E-state index in [0.717, 1.165) is 4.47 Å². The number of halogens is 1. The normalized spacial score (nSPS) is 17.2. The third-order valence-electron chi connectivity index (χ3n) is 5.62. The smallest absolute Gasteiger partial charge is 0.374 e. The third-order valence-corrected chi connectivity index (χ3v) is 6.12. The van der Waals surface area contributed by atoms with Gasteiger partial charge in [0, 0.05) is 22.3 Å². The minimum absolute atomic E-state index is 0.0584. The van der Waals surface area contributed by atoms with Crippen molar-refractivity contribution in [2.24, 2.45) is 0 Å². The topological polar surface area (TPSA) is 102 Å². The van der Waals surface area contributed by atoms with Gasteiger partial charge in [-0.3, -0.25) is 4.98 Å². The van der Waals surface area contributed by atoms with E-state index in [1.807, 2.05) is 30.9 Å². The largest absolute Gasteiger partial charge is 0.465 e. The van der Waals surface area contributed by atoms with Crippen molar-refractivity contribution in [1.82, 2.24) is 4.98 Å². The van der Waals surface area contributed by atoms with Crippen molar-refractivity contribution < 1.29 is 28.6 Å². The van der Waals surface area contributed by atoms with Crippen molar-refractivity contribution in [3.8, 4) is 11.3 Å². The lowest BCUT2D eigenvalue weighted by atomic mass is 9.95. The molecule has 0 fully saturated rings. The average Bonchev–Trinajstić information content (AvgIpc) is 3.16.